The molecule has 0 unspecified atom stereocenters. The molecule has 3 heterocycles. The molecular weight excluding hydrogens is 291 g/mol. The lowest BCUT2D eigenvalue weighted by Crippen LogP contribution is -2.31. The summed E-state index contributed by atoms with van der Waals surface area (Å²) in [6.07, 6.45) is 1.79. The Balaban J connectivity index is 2.29. The lowest BCUT2D eigenvalue weighted by atomic mass is 10.1. The SMILES string of the molecule is Cn1c(=O)n([C@@H]2CCCOC2)c2nc(Cl)nc(Cl)c21. The van der Waals surface area contributed by atoms with Crippen molar-refractivity contribution in [3.8, 4) is 0 Å². The summed E-state index contributed by atoms with van der Waals surface area (Å²) in [6.45, 7) is 1.23. The lowest BCUT2D eigenvalue weighted by molar-refractivity contribution is 0.0591. The molecule has 3 rings (SSSR count). The largest absolute Gasteiger partial charge is 0.379 e. The van der Waals surface area contributed by atoms with Crippen LogP contribution in [-0.2, 0) is 11.8 Å². The van der Waals surface area contributed by atoms with Crippen LogP contribution in [0, 0.1) is 0 Å². The molecule has 2 aromatic rings. The minimum absolute atomic E-state index is 0.0352. The van der Waals surface area contributed by atoms with Gasteiger partial charge in [-0.05, 0) is 24.4 Å². The van der Waals surface area contributed by atoms with Crippen molar-refractivity contribution in [1.82, 2.24) is 19.1 Å². The van der Waals surface area contributed by atoms with Crippen molar-refractivity contribution in [2.75, 3.05) is 13.2 Å². The number of rotatable bonds is 1. The van der Waals surface area contributed by atoms with Crippen LogP contribution >= 0.6 is 23.2 Å². The van der Waals surface area contributed by atoms with Crippen molar-refractivity contribution in [2.45, 2.75) is 18.9 Å². The maximum Gasteiger partial charge on any atom is 0.330 e. The molecule has 1 aliphatic rings. The van der Waals surface area contributed by atoms with Gasteiger partial charge >= 0.3 is 5.69 Å². The Labute approximate surface area is 118 Å². The van der Waals surface area contributed by atoms with Gasteiger partial charge in [0.25, 0.3) is 0 Å². The number of halogens is 2. The van der Waals surface area contributed by atoms with Crippen LogP contribution in [0.3, 0.4) is 0 Å². The first kappa shape index (κ1) is 12.9. The zero-order valence-corrected chi connectivity index (χ0v) is 11.8. The monoisotopic (exact) mass is 302 g/mol. The van der Waals surface area contributed by atoms with Crippen LogP contribution in [0.15, 0.2) is 4.79 Å². The Bertz CT molecular complexity index is 688. The number of aromatic nitrogens is 4. The second-order valence-electron chi connectivity index (χ2n) is 4.54. The molecule has 0 radical (unpaired) electrons. The van der Waals surface area contributed by atoms with E-state index in [1.807, 2.05) is 0 Å². The number of ether oxygens (including phenoxy) is 1. The van der Waals surface area contributed by atoms with E-state index in [1.54, 1.807) is 11.6 Å². The molecule has 8 heteroatoms. The first-order valence-electron chi connectivity index (χ1n) is 5.97. The molecular formula is C11H12Cl2N4O2. The summed E-state index contributed by atoms with van der Waals surface area (Å²) in [6, 6.07) is -0.0352. The van der Waals surface area contributed by atoms with Gasteiger partial charge < -0.3 is 4.74 Å². The summed E-state index contributed by atoms with van der Waals surface area (Å²) in [7, 11) is 1.65. The van der Waals surface area contributed by atoms with Gasteiger partial charge in [0.2, 0.25) is 5.28 Å². The Morgan fingerprint density at radius 2 is 2.16 bits per heavy atom. The van der Waals surface area contributed by atoms with Crippen molar-refractivity contribution in [2.24, 2.45) is 7.05 Å². The molecule has 0 bridgehead atoms. The lowest BCUT2D eigenvalue weighted by Gasteiger charge is -2.22. The highest BCUT2D eigenvalue weighted by Crippen LogP contribution is 2.26. The Morgan fingerprint density at radius 1 is 1.37 bits per heavy atom. The summed E-state index contributed by atoms with van der Waals surface area (Å²) in [5, 5.41) is 0.221. The predicted molar refractivity (Wildman–Crippen MR) is 71.9 cm³/mol. The van der Waals surface area contributed by atoms with E-state index in [2.05, 4.69) is 9.97 Å². The van der Waals surface area contributed by atoms with Crippen molar-refractivity contribution >= 4 is 34.4 Å². The number of hydrogen-bond donors (Lipinski definition) is 0. The summed E-state index contributed by atoms with van der Waals surface area (Å²) in [5.41, 5.74) is 0.790. The van der Waals surface area contributed by atoms with Crippen LogP contribution in [0.1, 0.15) is 18.9 Å². The Morgan fingerprint density at radius 3 is 2.84 bits per heavy atom. The molecule has 19 heavy (non-hydrogen) atoms. The molecule has 0 aliphatic carbocycles. The number of fused-ring (bicyclic) bond motifs is 1. The molecule has 0 N–H and O–H groups in total. The predicted octanol–water partition coefficient (Wildman–Crippen LogP) is 1.79. The normalized spacial score (nSPS) is 20.1. The maximum absolute atomic E-state index is 12.4. The fourth-order valence-corrected chi connectivity index (χ4v) is 2.95. The average molecular weight is 303 g/mol. The molecule has 6 nitrogen and oxygen atoms in total. The second kappa shape index (κ2) is 4.77. The number of aryl methyl sites for hydroxylation is 1. The molecule has 0 spiro atoms. The van der Waals surface area contributed by atoms with Gasteiger partial charge in [0, 0.05) is 13.7 Å². The van der Waals surface area contributed by atoms with Gasteiger partial charge in [-0.1, -0.05) is 11.6 Å². The smallest absolute Gasteiger partial charge is 0.330 e. The zero-order valence-electron chi connectivity index (χ0n) is 10.3. The number of hydrogen-bond acceptors (Lipinski definition) is 4. The highest BCUT2D eigenvalue weighted by Gasteiger charge is 2.24. The van der Waals surface area contributed by atoms with Gasteiger partial charge in [-0.25, -0.2) is 9.78 Å². The van der Waals surface area contributed by atoms with Gasteiger partial charge in [-0.15, -0.1) is 0 Å². The number of imidazole rings is 1. The van der Waals surface area contributed by atoms with Crippen molar-refractivity contribution < 1.29 is 4.74 Å². The van der Waals surface area contributed by atoms with Crippen LogP contribution in [0.5, 0.6) is 0 Å². The summed E-state index contributed by atoms with van der Waals surface area (Å²) in [4.78, 5) is 20.4. The van der Waals surface area contributed by atoms with E-state index in [0.29, 0.717) is 17.8 Å². The van der Waals surface area contributed by atoms with Crippen molar-refractivity contribution in [3.63, 3.8) is 0 Å². The van der Waals surface area contributed by atoms with E-state index in [-0.39, 0.29) is 22.2 Å². The van der Waals surface area contributed by atoms with Crippen LogP contribution in [-0.4, -0.2) is 32.3 Å². The van der Waals surface area contributed by atoms with E-state index in [1.165, 1.54) is 4.57 Å². The van der Waals surface area contributed by atoms with Crippen molar-refractivity contribution in [1.29, 1.82) is 0 Å². The van der Waals surface area contributed by atoms with Crippen LogP contribution < -0.4 is 5.69 Å². The first-order valence-corrected chi connectivity index (χ1v) is 6.73. The summed E-state index contributed by atoms with van der Waals surface area (Å²) >= 11 is 11.9. The third-order valence-electron chi connectivity index (χ3n) is 3.35. The van der Waals surface area contributed by atoms with E-state index in [0.717, 1.165) is 19.4 Å². The minimum Gasteiger partial charge on any atom is -0.379 e. The summed E-state index contributed by atoms with van der Waals surface area (Å²) in [5.74, 6) is 0. The highest BCUT2D eigenvalue weighted by atomic mass is 35.5. The number of nitrogens with zero attached hydrogens (tertiary/aromatic N) is 4. The third kappa shape index (κ3) is 2.04. The standard InChI is InChI=1S/C11H12Cl2N4O2/c1-16-7-8(12)14-10(13)15-9(7)17(11(16)18)6-3-2-4-19-5-6/h6H,2-5H2,1H3/t6-/m1/s1. The molecule has 2 aromatic heterocycles. The Hall–Kier alpha value is -1.11. The van der Waals surface area contributed by atoms with Gasteiger partial charge in [0.1, 0.15) is 5.52 Å². The maximum atomic E-state index is 12.4. The fourth-order valence-electron chi connectivity index (χ4n) is 2.45. The van der Waals surface area contributed by atoms with Crippen molar-refractivity contribution in [3.05, 3.63) is 20.9 Å². The highest BCUT2D eigenvalue weighted by molar-refractivity contribution is 6.35. The zero-order chi connectivity index (χ0) is 13.6. The van der Waals surface area contributed by atoms with Gasteiger partial charge in [-0.3, -0.25) is 9.13 Å². The van der Waals surface area contributed by atoms with Gasteiger partial charge in [0.05, 0.1) is 12.6 Å². The molecule has 1 fully saturated rings. The van der Waals surface area contributed by atoms with Crippen LogP contribution in [0.2, 0.25) is 10.4 Å². The molecule has 1 saturated heterocycles. The molecule has 0 aromatic carbocycles. The summed E-state index contributed by atoms with van der Waals surface area (Å²) < 4.78 is 8.48. The Kier molecular flexibility index (Phi) is 3.24. The van der Waals surface area contributed by atoms with Gasteiger partial charge in [0.15, 0.2) is 10.8 Å². The molecule has 0 amide bonds. The van der Waals surface area contributed by atoms with Crippen LogP contribution in [0.4, 0.5) is 0 Å². The molecule has 1 aliphatic heterocycles. The molecule has 0 saturated carbocycles. The second-order valence-corrected chi connectivity index (χ2v) is 5.23. The average Bonchev–Trinajstić information content (AvgIpc) is 2.63. The molecule has 102 valence electrons. The third-order valence-corrected chi connectivity index (χ3v) is 3.79. The fraction of sp³-hybridized carbons (Fsp3) is 0.545. The van der Waals surface area contributed by atoms with Crippen LogP contribution in [0.25, 0.3) is 11.2 Å². The quantitative estimate of drug-likeness (QED) is 0.595. The first-order chi connectivity index (χ1) is 9.09. The minimum atomic E-state index is -0.177. The van der Waals surface area contributed by atoms with Gasteiger partial charge in [-0.2, -0.15) is 4.98 Å². The van der Waals surface area contributed by atoms with E-state index >= 15 is 0 Å². The topological polar surface area (TPSA) is 61.9 Å². The van der Waals surface area contributed by atoms with E-state index < -0.39 is 0 Å². The van der Waals surface area contributed by atoms with E-state index in [4.69, 9.17) is 27.9 Å². The molecule has 1 atom stereocenters. The van der Waals surface area contributed by atoms with E-state index in [9.17, 15) is 4.79 Å².